The molecule has 1 aromatic carbocycles. The van der Waals surface area contributed by atoms with Crippen molar-refractivity contribution in [2.24, 2.45) is 5.92 Å². The van der Waals surface area contributed by atoms with Crippen molar-refractivity contribution in [2.45, 2.75) is 32.5 Å². The first-order valence-corrected chi connectivity index (χ1v) is 6.04. The second-order valence-electron chi connectivity index (χ2n) is 5.12. The molecule has 0 radical (unpaired) electrons. The summed E-state index contributed by atoms with van der Waals surface area (Å²) in [5, 5.41) is 18.6. The van der Waals surface area contributed by atoms with Gasteiger partial charge in [-0.25, -0.2) is 0 Å². The highest BCUT2D eigenvalue weighted by Gasteiger charge is 2.35. The number of rotatable bonds is 4. The normalized spacial score (nSPS) is 14.8. The number of hydrogen-bond acceptors (Lipinski definition) is 3. The molecule has 1 N–H and O–H groups in total. The fraction of sp³-hybridized carbons (Fsp3) is 0.500. The van der Waals surface area contributed by atoms with Gasteiger partial charge in [-0.15, -0.1) is 0 Å². The van der Waals surface area contributed by atoms with Gasteiger partial charge >= 0.3 is 6.18 Å². The third kappa shape index (κ3) is 3.87. The molecule has 0 aliphatic heterocycles. The number of ether oxygens (including phenoxy) is 1. The SMILES string of the molecule is CC(C)C(C)(O)COc1ccc(C#N)cc1C(F)(F)F. The van der Waals surface area contributed by atoms with Gasteiger partial charge in [0.2, 0.25) is 0 Å². The zero-order chi connectivity index (χ0) is 15.6. The summed E-state index contributed by atoms with van der Waals surface area (Å²) in [4.78, 5) is 0. The molecule has 0 spiro atoms. The van der Waals surface area contributed by atoms with E-state index in [9.17, 15) is 18.3 Å². The molecule has 6 heteroatoms. The Morgan fingerprint density at radius 3 is 2.40 bits per heavy atom. The third-order valence-electron chi connectivity index (χ3n) is 3.18. The van der Waals surface area contributed by atoms with Gasteiger partial charge in [0.05, 0.1) is 22.8 Å². The largest absolute Gasteiger partial charge is 0.490 e. The molecule has 0 aliphatic rings. The van der Waals surface area contributed by atoms with Crippen LogP contribution in [0.15, 0.2) is 18.2 Å². The summed E-state index contributed by atoms with van der Waals surface area (Å²) < 4.78 is 43.8. The van der Waals surface area contributed by atoms with Gasteiger partial charge in [0.1, 0.15) is 12.4 Å². The number of hydrogen-bond donors (Lipinski definition) is 1. The average Bonchev–Trinajstić information content (AvgIpc) is 2.35. The highest BCUT2D eigenvalue weighted by molar-refractivity contribution is 5.43. The van der Waals surface area contributed by atoms with Gasteiger partial charge in [0.15, 0.2) is 0 Å². The Balaban J connectivity index is 3.05. The van der Waals surface area contributed by atoms with Gasteiger partial charge in [0.25, 0.3) is 0 Å². The lowest BCUT2D eigenvalue weighted by molar-refractivity contribution is -0.139. The second kappa shape index (κ2) is 5.71. The lowest BCUT2D eigenvalue weighted by atomic mass is 9.94. The molecule has 0 saturated carbocycles. The molecule has 0 heterocycles. The van der Waals surface area contributed by atoms with E-state index < -0.39 is 23.1 Å². The number of benzene rings is 1. The molecule has 1 rings (SSSR count). The van der Waals surface area contributed by atoms with Crippen LogP contribution in [0.25, 0.3) is 0 Å². The zero-order valence-electron chi connectivity index (χ0n) is 11.5. The molecule has 0 bridgehead atoms. The van der Waals surface area contributed by atoms with Gasteiger partial charge in [-0.05, 0) is 31.0 Å². The van der Waals surface area contributed by atoms with Crippen LogP contribution in [-0.4, -0.2) is 17.3 Å². The highest BCUT2D eigenvalue weighted by Crippen LogP contribution is 2.37. The molecule has 0 aromatic heterocycles. The van der Waals surface area contributed by atoms with Crippen LogP contribution in [0.5, 0.6) is 5.75 Å². The first-order valence-electron chi connectivity index (χ1n) is 6.04. The molecule has 0 amide bonds. The maximum Gasteiger partial charge on any atom is 0.420 e. The van der Waals surface area contributed by atoms with Crippen LogP contribution in [0, 0.1) is 17.2 Å². The van der Waals surface area contributed by atoms with Gasteiger partial charge in [-0.2, -0.15) is 18.4 Å². The van der Waals surface area contributed by atoms with Crippen LogP contribution >= 0.6 is 0 Å². The van der Waals surface area contributed by atoms with E-state index in [1.54, 1.807) is 19.9 Å². The van der Waals surface area contributed by atoms with Crippen LogP contribution in [0.4, 0.5) is 13.2 Å². The second-order valence-corrected chi connectivity index (χ2v) is 5.12. The predicted molar refractivity (Wildman–Crippen MR) is 67.1 cm³/mol. The summed E-state index contributed by atoms with van der Waals surface area (Å²) in [7, 11) is 0. The fourth-order valence-electron chi connectivity index (χ4n) is 1.34. The Morgan fingerprint density at radius 1 is 1.35 bits per heavy atom. The van der Waals surface area contributed by atoms with Gasteiger partial charge in [0, 0.05) is 0 Å². The van der Waals surface area contributed by atoms with E-state index in [-0.39, 0.29) is 18.1 Å². The number of alkyl halides is 3. The molecule has 110 valence electrons. The van der Waals surface area contributed by atoms with Crippen molar-refractivity contribution >= 4 is 0 Å². The number of nitriles is 1. The molecule has 1 unspecified atom stereocenters. The Kier molecular flexibility index (Phi) is 4.66. The summed E-state index contributed by atoms with van der Waals surface area (Å²) in [6, 6.07) is 4.73. The van der Waals surface area contributed by atoms with Gasteiger partial charge < -0.3 is 9.84 Å². The number of nitrogens with zero attached hydrogens (tertiary/aromatic N) is 1. The third-order valence-corrected chi connectivity index (χ3v) is 3.18. The summed E-state index contributed by atoms with van der Waals surface area (Å²) in [5.41, 5.74) is -2.35. The van der Waals surface area contributed by atoms with Crippen molar-refractivity contribution in [1.29, 1.82) is 5.26 Å². The standard InChI is InChI=1S/C14H16F3NO2/c1-9(2)13(3,19)8-20-12-5-4-10(7-18)6-11(12)14(15,16)17/h4-6,9,19H,8H2,1-3H3. The first-order chi connectivity index (χ1) is 9.08. The lowest BCUT2D eigenvalue weighted by Gasteiger charge is -2.28. The Hall–Kier alpha value is -1.74. The van der Waals surface area contributed by atoms with Crippen LogP contribution in [-0.2, 0) is 6.18 Å². The van der Waals surface area contributed by atoms with Crippen molar-refractivity contribution < 1.29 is 23.0 Å². The fourth-order valence-corrected chi connectivity index (χ4v) is 1.34. The van der Waals surface area contributed by atoms with Crippen molar-refractivity contribution in [3.63, 3.8) is 0 Å². The molecule has 20 heavy (non-hydrogen) atoms. The maximum atomic E-state index is 12.9. The lowest BCUT2D eigenvalue weighted by Crippen LogP contribution is -2.38. The van der Waals surface area contributed by atoms with Crippen molar-refractivity contribution in [2.75, 3.05) is 6.61 Å². The van der Waals surface area contributed by atoms with E-state index in [4.69, 9.17) is 10.00 Å². The smallest absolute Gasteiger partial charge is 0.420 e. The van der Waals surface area contributed by atoms with Crippen LogP contribution in [0.1, 0.15) is 31.9 Å². The Labute approximate surface area is 115 Å². The van der Waals surface area contributed by atoms with E-state index >= 15 is 0 Å². The van der Waals surface area contributed by atoms with E-state index in [0.29, 0.717) is 0 Å². The number of halogens is 3. The van der Waals surface area contributed by atoms with Crippen LogP contribution < -0.4 is 4.74 Å². The minimum Gasteiger partial charge on any atom is -0.490 e. The molecule has 3 nitrogen and oxygen atoms in total. The summed E-state index contributed by atoms with van der Waals surface area (Å²) in [5.74, 6) is -0.562. The minimum absolute atomic E-state index is 0.0969. The molecule has 1 atom stereocenters. The first kappa shape index (κ1) is 16.3. The molecular formula is C14H16F3NO2. The zero-order valence-corrected chi connectivity index (χ0v) is 11.5. The minimum atomic E-state index is -4.62. The van der Waals surface area contributed by atoms with E-state index in [1.165, 1.54) is 13.0 Å². The van der Waals surface area contributed by atoms with E-state index in [2.05, 4.69) is 0 Å². The van der Waals surface area contributed by atoms with E-state index in [1.807, 2.05) is 0 Å². The van der Waals surface area contributed by atoms with Crippen LogP contribution in [0.2, 0.25) is 0 Å². The summed E-state index contributed by atoms with van der Waals surface area (Å²) in [6.07, 6.45) is -4.62. The quantitative estimate of drug-likeness (QED) is 0.923. The molecule has 1 aromatic rings. The average molecular weight is 287 g/mol. The van der Waals surface area contributed by atoms with Gasteiger partial charge in [-0.1, -0.05) is 13.8 Å². The number of aliphatic hydroxyl groups is 1. The summed E-state index contributed by atoms with van der Waals surface area (Å²) >= 11 is 0. The van der Waals surface area contributed by atoms with E-state index in [0.717, 1.165) is 12.1 Å². The van der Waals surface area contributed by atoms with Crippen molar-refractivity contribution in [1.82, 2.24) is 0 Å². The van der Waals surface area contributed by atoms with Crippen LogP contribution in [0.3, 0.4) is 0 Å². The molecular weight excluding hydrogens is 271 g/mol. The molecule has 0 saturated heterocycles. The Bertz CT molecular complexity index is 516. The van der Waals surface area contributed by atoms with Crippen molar-refractivity contribution in [3.8, 4) is 11.8 Å². The highest BCUT2D eigenvalue weighted by atomic mass is 19.4. The van der Waals surface area contributed by atoms with Crippen molar-refractivity contribution in [3.05, 3.63) is 29.3 Å². The van der Waals surface area contributed by atoms with Gasteiger partial charge in [-0.3, -0.25) is 0 Å². The summed E-state index contributed by atoms with van der Waals surface area (Å²) in [6.45, 7) is 4.72. The maximum absolute atomic E-state index is 12.9. The Morgan fingerprint density at radius 2 is 1.95 bits per heavy atom. The predicted octanol–water partition coefficient (Wildman–Crippen LogP) is 3.36. The topological polar surface area (TPSA) is 53.2 Å². The monoisotopic (exact) mass is 287 g/mol. The molecule has 0 aliphatic carbocycles. The molecule has 0 fully saturated rings.